The van der Waals surface area contributed by atoms with Gasteiger partial charge in [0.1, 0.15) is 18.3 Å². The fourth-order valence-corrected chi connectivity index (χ4v) is 4.94. The van der Waals surface area contributed by atoms with Crippen LogP contribution in [-0.4, -0.2) is 81.9 Å². The smallest absolute Gasteiger partial charge is 0.212 e. The molecule has 2 aromatic heterocycles. The molecule has 6 rings (SSSR count). The summed E-state index contributed by atoms with van der Waals surface area (Å²) in [6, 6.07) is 4.75. The number of hydrogen-bond donors (Lipinski definition) is 1. The summed E-state index contributed by atoms with van der Waals surface area (Å²) in [5.41, 5.74) is 1.90. The molecule has 3 fully saturated rings. The largest absolute Gasteiger partial charge is 0.506 e. The first kappa shape index (κ1) is 23.6. The maximum absolute atomic E-state index is 13.5. The van der Waals surface area contributed by atoms with Crippen LogP contribution in [0.5, 0.6) is 5.88 Å². The summed E-state index contributed by atoms with van der Waals surface area (Å²) in [5.74, 6) is 1.22. The summed E-state index contributed by atoms with van der Waals surface area (Å²) in [4.78, 5) is 29.6. The van der Waals surface area contributed by atoms with Crippen molar-refractivity contribution in [1.29, 1.82) is 0 Å². The van der Waals surface area contributed by atoms with E-state index >= 15 is 0 Å². The molecular weight excluding hydrogens is 465 g/mol. The Hall–Kier alpha value is -4.12. The number of carbonyl (C=O) groups is 1. The Morgan fingerprint density at radius 2 is 2.06 bits per heavy atom. The highest BCUT2D eigenvalue weighted by molar-refractivity contribution is 5.88. The molecule has 10 nitrogen and oxygen atoms in total. The molecule has 2 unspecified atom stereocenters. The third kappa shape index (κ3) is 4.33. The van der Waals surface area contributed by atoms with Gasteiger partial charge in [-0.05, 0) is 18.1 Å². The Bertz CT molecular complexity index is 1230. The van der Waals surface area contributed by atoms with Gasteiger partial charge in [0.15, 0.2) is 6.29 Å². The van der Waals surface area contributed by atoms with Crippen LogP contribution < -0.4 is 9.64 Å². The van der Waals surface area contributed by atoms with Crippen LogP contribution in [0.2, 0.25) is 0 Å². The van der Waals surface area contributed by atoms with Gasteiger partial charge in [0.05, 0.1) is 37.1 Å². The van der Waals surface area contributed by atoms with E-state index in [0.29, 0.717) is 35.5 Å². The lowest BCUT2D eigenvalue weighted by Gasteiger charge is -2.56. The average Bonchev–Trinajstić information content (AvgIpc) is 2.93. The number of hydrazone groups is 1. The number of rotatable bonds is 8. The first-order chi connectivity index (χ1) is 17.5. The van der Waals surface area contributed by atoms with Crippen molar-refractivity contribution < 1.29 is 19.0 Å². The summed E-state index contributed by atoms with van der Waals surface area (Å²) in [7, 11) is 1.61. The highest BCUT2D eigenvalue weighted by Crippen LogP contribution is 2.36. The second-order valence-corrected chi connectivity index (χ2v) is 8.81. The van der Waals surface area contributed by atoms with Crippen molar-refractivity contribution in [3.63, 3.8) is 0 Å². The van der Waals surface area contributed by atoms with Gasteiger partial charge in [-0.1, -0.05) is 6.07 Å². The number of aromatic nitrogens is 3. The molecule has 2 atom stereocenters. The number of piperazine rings is 1. The first-order valence-electron chi connectivity index (χ1n) is 11.5. The summed E-state index contributed by atoms with van der Waals surface area (Å²) in [6.07, 6.45) is 9.29. The highest BCUT2D eigenvalue weighted by Gasteiger charge is 2.44. The van der Waals surface area contributed by atoms with E-state index in [4.69, 9.17) is 4.74 Å². The van der Waals surface area contributed by atoms with Crippen LogP contribution in [-0.2, 0) is 11.3 Å². The number of aldehydes is 1. The van der Waals surface area contributed by atoms with E-state index in [1.807, 2.05) is 18.3 Å². The van der Waals surface area contributed by atoms with E-state index in [2.05, 4.69) is 36.6 Å². The van der Waals surface area contributed by atoms with Crippen LogP contribution >= 0.6 is 0 Å². The molecule has 0 amide bonds. The van der Waals surface area contributed by atoms with Crippen molar-refractivity contribution >= 4 is 24.4 Å². The topological polar surface area (TPSA) is 107 Å². The number of methoxy groups -OCH3 is 1. The molecule has 2 aromatic rings. The fraction of sp³-hybridized carbons (Fsp3) is 0.320. The van der Waals surface area contributed by atoms with E-state index in [0.717, 1.165) is 42.4 Å². The summed E-state index contributed by atoms with van der Waals surface area (Å²) in [6.45, 7) is 4.94. The maximum Gasteiger partial charge on any atom is 0.212 e. The molecule has 4 aliphatic heterocycles. The number of alkyl halides is 1. The average molecular weight is 492 g/mol. The number of nitrogens with zero attached hydrogens (tertiary/aromatic N) is 7. The van der Waals surface area contributed by atoms with Gasteiger partial charge in [-0.2, -0.15) is 5.10 Å². The standard InChI is InChI=1S/C25H26FN7O3/c1-27-33-14-20(35)6-21(25(33)17(7-26)15-34)22-9-29-23(10-28-22)31-12-18-5-19(13-31)32(18)11-16-3-4-24(36-2)30-8-16/h3-4,6,8-10,14-15,18-19,35H,1,5,7,11-13H2,2H3/b25-17+. The van der Waals surface area contributed by atoms with Crippen molar-refractivity contribution in [3.8, 4) is 5.88 Å². The second kappa shape index (κ2) is 9.86. The quantitative estimate of drug-likeness (QED) is 0.339. The highest BCUT2D eigenvalue weighted by atomic mass is 19.1. The fourth-order valence-electron chi connectivity index (χ4n) is 4.94. The number of anilines is 1. The normalized spacial score (nSPS) is 22.8. The van der Waals surface area contributed by atoms with E-state index < -0.39 is 6.67 Å². The molecule has 0 spiro atoms. The predicted molar refractivity (Wildman–Crippen MR) is 132 cm³/mol. The third-order valence-corrected chi connectivity index (χ3v) is 6.73. The van der Waals surface area contributed by atoms with E-state index in [1.165, 1.54) is 12.3 Å². The minimum absolute atomic E-state index is 0.126. The lowest BCUT2D eigenvalue weighted by atomic mass is 9.87. The lowest BCUT2D eigenvalue weighted by Crippen LogP contribution is -2.68. The van der Waals surface area contributed by atoms with Gasteiger partial charge >= 0.3 is 0 Å². The van der Waals surface area contributed by atoms with Crippen LogP contribution in [0.25, 0.3) is 5.57 Å². The minimum atomic E-state index is -0.998. The number of aliphatic hydroxyl groups is 1. The molecule has 2 bridgehead atoms. The van der Waals surface area contributed by atoms with Crippen molar-refractivity contribution in [3.05, 3.63) is 71.3 Å². The first-order valence-corrected chi connectivity index (χ1v) is 11.5. The monoisotopic (exact) mass is 491 g/mol. The summed E-state index contributed by atoms with van der Waals surface area (Å²) < 4.78 is 18.7. The zero-order chi connectivity index (χ0) is 25.2. The number of piperidine rings is 1. The minimum Gasteiger partial charge on any atom is -0.506 e. The Morgan fingerprint density at radius 3 is 2.64 bits per heavy atom. The predicted octanol–water partition coefficient (Wildman–Crippen LogP) is 2.48. The molecule has 0 aliphatic carbocycles. The number of hydrogen-bond acceptors (Lipinski definition) is 10. The maximum atomic E-state index is 13.5. The second-order valence-electron chi connectivity index (χ2n) is 8.81. The zero-order valence-corrected chi connectivity index (χ0v) is 19.8. The van der Waals surface area contributed by atoms with Crippen LogP contribution in [0.1, 0.15) is 17.7 Å². The van der Waals surface area contributed by atoms with Crippen molar-refractivity contribution in [2.24, 2.45) is 5.10 Å². The van der Waals surface area contributed by atoms with Gasteiger partial charge in [0, 0.05) is 61.8 Å². The number of allylic oxidation sites excluding steroid dienone is 3. The van der Waals surface area contributed by atoms with Gasteiger partial charge in [-0.15, -0.1) is 0 Å². The number of halogens is 1. The van der Waals surface area contributed by atoms with Gasteiger partial charge in [0.2, 0.25) is 5.88 Å². The molecular formula is C25H26FN7O3. The molecule has 0 radical (unpaired) electrons. The Labute approximate surface area is 207 Å². The van der Waals surface area contributed by atoms with E-state index in [9.17, 15) is 14.3 Å². The van der Waals surface area contributed by atoms with Crippen LogP contribution in [0, 0.1) is 0 Å². The lowest BCUT2D eigenvalue weighted by molar-refractivity contribution is -0.105. The SMILES string of the molecule is C=NN1C=C(O)C=C(c2cnc(N3CC4CC(C3)N4Cc3ccc(OC)nc3)cn2)/C1=C(\C=O)CF. The molecule has 6 heterocycles. The van der Waals surface area contributed by atoms with E-state index in [1.54, 1.807) is 19.5 Å². The van der Waals surface area contributed by atoms with Crippen LogP contribution in [0.4, 0.5) is 10.2 Å². The molecule has 0 aromatic carbocycles. The van der Waals surface area contributed by atoms with Gasteiger partial charge in [-0.3, -0.25) is 14.7 Å². The van der Waals surface area contributed by atoms with Gasteiger partial charge in [-0.25, -0.2) is 19.4 Å². The summed E-state index contributed by atoms with van der Waals surface area (Å²) >= 11 is 0. The van der Waals surface area contributed by atoms with Crippen LogP contribution in [0.3, 0.4) is 0 Å². The van der Waals surface area contributed by atoms with Crippen LogP contribution in [0.15, 0.2) is 65.1 Å². The Kier molecular flexibility index (Phi) is 6.47. The Balaban J connectivity index is 1.30. The number of fused-ring (bicyclic) bond motifs is 2. The molecule has 0 saturated carbocycles. The van der Waals surface area contributed by atoms with Crippen molar-refractivity contribution in [2.75, 3.05) is 31.8 Å². The van der Waals surface area contributed by atoms with E-state index in [-0.39, 0.29) is 17.0 Å². The van der Waals surface area contributed by atoms with Crippen molar-refractivity contribution in [1.82, 2.24) is 24.9 Å². The number of aliphatic hydroxyl groups excluding tert-OH is 1. The zero-order valence-electron chi connectivity index (χ0n) is 19.8. The molecule has 36 heavy (non-hydrogen) atoms. The van der Waals surface area contributed by atoms with Gasteiger partial charge in [0.25, 0.3) is 0 Å². The molecule has 4 aliphatic rings. The molecule has 11 heteroatoms. The summed E-state index contributed by atoms with van der Waals surface area (Å²) in [5, 5.41) is 15.1. The van der Waals surface area contributed by atoms with Gasteiger partial charge < -0.3 is 14.7 Å². The number of carbonyl (C=O) groups excluding carboxylic acids is 1. The number of pyridine rings is 1. The third-order valence-electron chi connectivity index (χ3n) is 6.73. The Morgan fingerprint density at radius 1 is 1.25 bits per heavy atom. The molecule has 186 valence electrons. The molecule has 3 saturated heterocycles. The molecule has 1 N–H and O–H groups in total. The number of ether oxygens (including phenoxy) is 1. The van der Waals surface area contributed by atoms with Crippen molar-refractivity contribution in [2.45, 2.75) is 25.0 Å².